The fraction of sp³-hybridized carbons (Fsp3) is 0.692. The molecule has 1 aliphatic heterocycles. The van der Waals surface area contributed by atoms with Crippen molar-refractivity contribution in [3.63, 3.8) is 0 Å². The molecule has 2 aliphatic rings. The number of carbonyl (C=O) groups is 2. The summed E-state index contributed by atoms with van der Waals surface area (Å²) >= 11 is 3.14. The molecule has 20 heavy (non-hydrogen) atoms. The van der Waals surface area contributed by atoms with Gasteiger partial charge in [0.05, 0.1) is 11.4 Å². The van der Waals surface area contributed by atoms with Crippen molar-refractivity contribution in [2.75, 3.05) is 11.9 Å². The zero-order valence-corrected chi connectivity index (χ0v) is 12.9. The van der Waals surface area contributed by atoms with Gasteiger partial charge in [0.1, 0.15) is 0 Å². The van der Waals surface area contributed by atoms with E-state index in [-0.39, 0.29) is 28.3 Å². The summed E-state index contributed by atoms with van der Waals surface area (Å²) in [5, 5.41) is 4.03. The summed E-state index contributed by atoms with van der Waals surface area (Å²) in [6, 6.07) is -0.447. The fourth-order valence-electron chi connectivity index (χ4n) is 2.53. The van der Waals surface area contributed by atoms with Gasteiger partial charge in [-0.15, -0.1) is 0 Å². The molecule has 1 saturated carbocycles. The Balaban J connectivity index is 1.78. The van der Waals surface area contributed by atoms with Crippen molar-refractivity contribution in [3.8, 4) is 0 Å². The van der Waals surface area contributed by atoms with Crippen molar-refractivity contribution in [1.29, 1.82) is 0 Å². The highest BCUT2D eigenvalue weighted by Crippen LogP contribution is 2.46. The van der Waals surface area contributed by atoms with Crippen LogP contribution in [0.5, 0.6) is 0 Å². The van der Waals surface area contributed by atoms with Crippen molar-refractivity contribution in [3.05, 3.63) is 11.7 Å². The normalized spacial score (nSPS) is 23.9. The molecule has 0 N–H and O–H groups in total. The molecule has 0 spiro atoms. The van der Waals surface area contributed by atoms with E-state index in [4.69, 9.17) is 4.52 Å². The van der Waals surface area contributed by atoms with Crippen molar-refractivity contribution >= 4 is 27.6 Å². The Morgan fingerprint density at radius 1 is 1.50 bits per heavy atom. The second kappa shape index (κ2) is 4.95. The Kier molecular flexibility index (Phi) is 3.40. The molecule has 1 atom stereocenters. The zero-order chi connectivity index (χ0) is 14.3. The Labute approximate surface area is 125 Å². The van der Waals surface area contributed by atoms with Crippen LogP contribution in [0.4, 0.5) is 0 Å². The van der Waals surface area contributed by atoms with Crippen LogP contribution in [0.3, 0.4) is 0 Å². The van der Waals surface area contributed by atoms with Crippen LogP contribution >= 0.6 is 15.9 Å². The minimum absolute atomic E-state index is 0.0490. The first kappa shape index (κ1) is 13.7. The molecular weight excluding hydrogens is 326 g/mol. The second-order valence-corrected chi connectivity index (χ2v) is 6.29. The van der Waals surface area contributed by atoms with Crippen molar-refractivity contribution in [1.82, 2.24) is 15.0 Å². The number of Topliss-reactive ketones (excluding diaryl/α,β-unsaturated/α-hetero) is 1. The van der Waals surface area contributed by atoms with Gasteiger partial charge in [0.2, 0.25) is 23.4 Å². The molecule has 1 aromatic heterocycles. The molecule has 1 aliphatic carbocycles. The fourth-order valence-corrected chi connectivity index (χ4v) is 2.86. The highest BCUT2D eigenvalue weighted by molar-refractivity contribution is 9.09. The maximum absolute atomic E-state index is 12.4. The van der Waals surface area contributed by atoms with Crippen LogP contribution in [-0.4, -0.2) is 44.6 Å². The quantitative estimate of drug-likeness (QED) is 0.615. The predicted octanol–water partition coefficient (Wildman–Crippen LogP) is 1.69. The first-order valence-electron chi connectivity index (χ1n) is 6.79. The lowest BCUT2D eigenvalue weighted by molar-refractivity contribution is -0.128. The zero-order valence-electron chi connectivity index (χ0n) is 11.3. The molecule has 2 fully saturated rings. The third kappa shape index (κ3) is 2.28. The summed E-state index contributed by atoms with van der Waals surface area (Å²) < 4.78 is 5.20. The summed E-state index contributed by atoms with van der Waals surface area (Å²) in [5.74, 6) is 0.361. The van der Waals surface area contributed by atoms with Crippen LogP contribution in [0.25, 0.3) is 0 Å². The average Bonchev–Trinajstić information content (AvgIpc) is 2.93. The van der Waals surface area contributed by atoms with E-state index in [1.807, 2.05) is 6.92 Å². The van der Waals surface area contributed by atoms with Crippen molar-refractivity contribution in [2.24, 2.45) is 0 Å². The van der Waals surface area contributed by atoms with E-state index in [1.54, 1.807) is 4.90 Å². The molecule has 0 bridgehead atoms. The highest BCUT2D eigenvalue weighted by Gasteiger charge is 2.45. The molecule has 0 radical (unpaired) electrons. The van der Waals surface area contributed by atoms with E-state index in [0.717, 1.165) is 19.3 Å². The number of likely N-dealkylation sites (tertiary alicyclic amines) is 1. The summed E-state index contributed by atoms with van der Waals surface area (Å²) in [6.45, 7) is 2.66. The Morgan fingerprint density at radius 3 is 2.90 bits per heavy atom. The lowest BCUT2D eigenvalue weighted by atomic mass is 10.1. The number of carbonyl (C=O) groups excluding carboxylic acids is 2. The number of hydrogen-bond donors (Lipinski definition) is 0. The summed E-state index contributed by atoms with van der Waals surface area (Å²) in [5.41, 5.74) is -0.0490. The van der Waals surface area contributed by atoms with Crippen LogP contribution in [0.2, 0.25) is 0 Å². The Hall–Kier alpha value is -1.24. The number of aromatic nitrogens is 2. The van der Waals surface area contributed by atoms with E-state index < -0.39 is 6.04 Å². The van der Waals surface area contributed by atoms with E-state index >= 15 is 0 Å². The summed E-state index contributed by atoms with van der Waals surface area (Å²) in [7, 11) is 0. The lowest BCUT2D eigenvalue weighted by Crippen LogP contribution is -2.41. The van der Waals surface area contributed by atoms with Crippen LogP contribution in [0.15, 0.2) is 4.52 Å². The van der Waals surface area contributed by atoms with Gasteiger partial charge in [0.15, 0.2) is 0 Å². The van der Waals surface area contributed by atoms with Gasteiger partial charge in [-0.3, -0.25) is 9.59 Å². The van der Waals surface area contributed by atoms with Gasteiger partial charge < -0.3 is 9.42 Å². The van der Waals surface area contributed by atoms with Crippen LogP contribution in [-0.2, 0) is 10.2 Å². The molecule has 0 aromatic carbocycles. The van der Waals surface area contributed by atoms with E-state index in [0.29, 0.717) is 18.9 Å². The van der Waals surface area contributed by atoms with E-state index in [9.17, 15) is 9.59 Å². The van der Waals surface area contributed by atoms with Gasteiger partial charge in [-0.25, -0.2) is 0 Å². The van der Waals surface area contributed by atoms with Gasteiger partial charge in [-0.1, -0.05) is 28.0 Å². The van der Waals surface area contributed by atoms with Gasteiger partial charge in [0.25, 0.3) is 0 Å². The Morgan fingerprint density at radius 2 is 2.25 bits per heavy atom. The lowest BCUT2D eigenvalue weighted by Gasteiger charge is -2.21. The molecule has 7 heteroatoms. The van der Waals surface area contributed by atoms with Gasteiger partial charge in [-0.05, 0) is 25.7 Å². The third-order valence-electron chi connectivity index (χ3n) is 4.15. The number of halogens is 1. The van der Waals surface area contributed by atoms with E-state index in [1.165, 1.54) is 0 Å². The number of alkyl halides is 1. The maximum atomic E-state index is 12.4. The van der Waals surface area contributed by atoms with Gasteiger partial charge in [0, 0.05) is 12.0 Å². The molecule has 6 nitrogen and oxygen atoms in total. The number of rotatable bonds is 4. The first-order valence-corrected chi connectivity index (χ1v) is 7.91. The van der Waals surface area contributed by atoms with Crippen LogP contribution in [0.1, 0.15) is 49.1 Å². The van der Waals surface area contributed by atoms with Gasteiger partial charge in [-0.2, -0.15) is 4.98 Å². The summed E-state index contributed by atoms with van der Waals surface area (Å²) in [4.78, 5) is 30.1. The van der Waals surface area contributed by atoms with Crippen molar-refractivity contribution in [2.45, 2.75) is 44.1 Å². The highest BCUT2D eigenvalue weighted by atomic mass is 79.9. The standard InChI is InChI=1S/C13H16BrN3O3/c1-13(4-5-13)12-15-11(16-20-12)10(19)8-3-2-6-17(8)9(18)7-14/h8H,2-7H2,1H3/t8-/m0/s1. The van der Waals surface area contributed by atoms with E-state index in [2.05, 4.69) is 26.1 Å². The largest absolute Gasteiger partial charge is 0.338 e. The Bertz CT molecular complexity index is 553. The number of hydrogen-bond acceptors (Lipinski definition) is 5. The minimum atomic E-state index is -0.447. The molecular formula is C13H16BrN3O3. The molecule has 3 rings (SSSR count). The molecule has 1 saturated heterocycles. The number of amides is 1. The second-order valence-electron chi connectivity index (χ2n) is 5.73. The molecule has 1 aromatic rings. The average molecular weight is 342 g/mol. The monoisotopic (exact) mass is 341 g/mol. The maximum Gasteiger partial charge on any atom is 0.240 e. The predicted molar refractivity (Wildman–Crippen MR) is 73.7 cm³/mol. The van der Waals surface area contributed by atoms with Crippen molar-refractivity contribution < 1.29 is 14.1 Å². The topological polar surface area (TPSA) is 76.3 Å². The smallest absolute Gasteiger partial charge is 0.240 e. The number of nitrogens with zero attached hydrogens (tertiary/aromatic N) is 3. The molecule has 0 unspecified atom stereocenters. The molecule has 2 heterocycles. The number of ketones is 1. The third-order valence-corrected chi connectivity index (χ3v) is 4.63. The summed E-state index contributed by atoms with van der Waals surface area (Å²) in [6.07, 6.45) is 3.52. The first-order chi connectivity index (χ1) is 9.55. The van der Waals surface area contributed by atoms with Gasteiger partial charge >= 0.3 is 0 Å². The van der Waals surface area contributed by atoms with Crippen LogP contribution < -0.4 is 0 Å². The van der Waals surface area contributed by atoms with Crippen LogP contribution in [0, 0.1) is 0 Å². The SMILES string of the molecule is CC1(c2nc(C(=O)[C@@H]3CCCN3C(=O)CBr)no2)CC1. The molecule has 108 valence electrons. The minimum Gasteiger partial charge on any atom is -0.338 e. The molecule has 1 amide bonds.